The topological polar surface area (TPSA) is 75.4 Å². The maximum atomic E-state index is 11.3. The number of methoxy groups -OCH3 is 1. The van der Waals surface area contributed by atoms with Crippen molar-refractivity contribution >= 4 is 11.6 Å². The molecule has 1 aromatic heterocycles. The number of aliphatic hydroxyl groups is 2. The highest BCUT2D eigenvalue weighted by molar-refractivity contribution is 6.23. The van der Waals surface area contributed by atoms with Crippen LogP contribution < -0.4 is 0 Å². The van der Waals surface area contributed by atoms with Crippen molar-refractivity contribution in [3.05, 3.63) is 34.8 Å². The monoisotopic (exact) mass is 408 g/mol. The molecule has 2 fully saturated rings. The number of halogens is 1. The van der Waals surface area contributed by atoms with Gasteiger partial charge in [-0.1, -0.05) is 26.8 Å². The highest BCUT2D eigenvalue weighted by Crippen LogP contribution is 2.70. The summed E-state index contributed by atoms with van der Waals surface area (Å²) >= 11 is 6.68. The Morgan fingerprint density at radius 3 is 2.82 bits per heavy atom. The van der Waals surface area contributed by atoms with E-state index in [0.717, 1.165) is 30.6 Å². The van der Waals surface area contributed by atoms with E-state index in [1.54, 1.807) is 7.11 Å². The van der Waals surface area contributed by atoms with E-state index in [1.807, 2.05) is 26.2 Å². The van der Waals surface area contributed by atoms with Crippen LogP contribution in [0.5, 0.6) is 0 Å². The molecular formula is C22H29ClO5. The van der Waals surface area contributed by atoms with Crippen LogP contribution in [0.1, 0.15) is 56.4 Å². The zero-order valence-electron chi connectivity index (χ0n) is 16.9. The molecule has 2 N–H and O–H groups in total. The van der Waals surface area contributed by atoms with Gasteiger partial charge >= 0.3 is 0 Å². The quantitative estimate of drug-likeness (QED) is 0.456. The third-order valence-electron chi connectivity index (χ3n) is 8.10. The lowest BCUT2D eigenvalue weighted by Gasteiger charge is -2.54. The van der Waals surface area contributed by atoms with E-state index in [-0.39, 0.29) is 23.4 Å². The van der Waals surface area contributed by atoms with Gasteiger partial charge in [0.2, 0.25) is 0 Å². The standard InChI is InChI=1S/C22H29ClO5/c1-11(2)21(25)17(23)8-16-20(3)6-5-12-13(9-27-15(12)10-26-4)14(20)7-18-22(16,28-18)19(21)24/h8-9,11,14,17-19,24-25H,5-7,10H2,1-4H3/t14-,17+,18-,19+,20-,21-,22+/m0/s1. The average Bonchev–Trinajstić information content (AvgIpc) is 3.24. The molecule has 0 bridgehead atoms. The van der Waals surface area contributed by atoms with Crippen molar-refractivity contribution in [3.63, 3.8) is 0 Å². The van der Waals surface area contributed by atoms with Crippen LogP contribution in [0.3, 0.4) is 0 Å². The van der Waals surface area contributed by atoms with Gasteiger partial charge < -0.3 is 24.1 Å². The lowest BCUT2D eigenvalue weighted by Crippen LogP contribution is -2.65. The predicted octanol–water partition coefficient (Wildman–Crippen LogP) is 3.30. The summed E-state index contributed by atoms with van der Waals surface area (Å²) in [6.07, 6.45) is 5.37. The van der Waals surface area contributed by atoms with Crippen LogP contribution in [-0.2, 0) is 22.5 Å². The van der Waals surface area contributed by atoms with Crippen molar-refractivity contribution in [1.29, 1.82) is 0 Å². The van der Waals surface area contributed by atoms with Gasteiger partial charge in [0.1, 0.15) is 29.7 Å². The Morgan fingerprint density at radius 1 is 1.39 bits per heavy atom. The van der Waals surface area contributed by atoms with E-state index >= 15 is 0 Å². The van der Waals surface area contributed by atoms with Crippen LogP contribution >= 0.6 is 11.6 Å². The Hall–Kier alpha value is -0.850. The van der Waals surface area contributed by atoms with E-state index in [2.05, 4.69) is 6.92 Å². The zero-order chi connectivity index (χ0) is 20.1. The van der Waals surface area contributed by atoms with Gasteiger partial charge in [0.15, 0.2) is 0 Å². The number of rotatable bonds is 3. The first-order chi connectivity index (χ1) is 13.2. The summed E-state index contributed by atoms with van der Waals surface area (Å²) < 4.78 is 17.3. The summed E-state index contributed by atoms with van der Waals surface area (Å²) in [6.45, 7) is 6.53. The number of hydrogen-bond acceptors (Lipinski definition) is 5. The predicted molar refractivity (Wildman–Crippen MR) is 104 cm³/mol. The fraction of sp³-hybridized carbons (Fsp3) is 0.727. The number of fused-ring (bicyclic) bond motifs is 4. The van der Waals surface area contributed by atoms with Crippen molar-refractivity contribution in [3.8, 4) is 0 Å². The minimum Gasteiger partial charge on any atom is -0.466 e. The van der Waals surface area contributed by atoms with E-state index < -0.39 is 22.7 Å². The Kier molecular flexibility index (Phi) is 4.00. The van der Waals surface area contributed by atoms with Crippen molar-refractivity contribution in [2.75, 3.05) is 7.11 Å². The Morgan fingerprint density at radius 2 is 2.14 bits per heavy atom. The Bertz CT molecular complexity index is 846. The molecule has 7 atom stereocenters. The molecule has 1 spiro atoms. The number of furan rings is 1. The molecule has 5 nitrogen and oxygen atoms in total. The fourth-order valence-electron chi connectivity index (χ4n) is 6.32. The summed E-state index contributed by atoms with van der Waals surface area (Å²) in [5.74, 6) is 0.977. The van der Waals surface area contributed by atoms with Crippen molar-refractivity contribution in [2.24, 2.45) is 11.3 Å². The van der Waals surface area contributed by atoms with Gasteiger partial charge in [0, 0.05) is 7.11 Å². The van der Waals surface area contributed by atoms with Gasteiger partial charge in [-0.3, -0.25) is 0 Å². The molecule has 6 heteroatoms. The molecule has 0 radical (unpaired) electrons. The molecule has 1 saturated carbocycles. The van der Waals surface area contributed by atoms with Crippen molar-refractivity contribution in [1.82, 2.24) is 0 Å². The van der Waals surface area contributed by atoms with Gasteiger partial charge in [0.25, 0.3) is 0 Å². The van der Waals surface area contributed by atoms with E-state index in [1.165, 1.54) is 11.1 Å². The second-order valence-corrected chi connectivity index (χ2v) is 10.0. The molecule has 28 heavy (non-hydrogen) atoms. The van der Waals surface area contributed by atoms with Gasteiger partial charge in [-0.15, -0.1) is 11.6 Å². The summed E-state index contributed by atoms with van der Waals surface area (Å²) in [6, 6.07) is 0. The van der Waals surface area contributed by atoms with Gasteiger partial charge in [0.05, 0.1) is 17.7 Å². The lowest BCUT2D eigenvalue weighted by atomic mass is 9.50. The van der Waals surface area contributed by atoms with Crippen molar-refractivity contribution < 1.29 is 24.1 Å². The number of alkyl halides is 1. The van der Waals surface area contributed by atoms with Crippen LogP contribution in [-0.4, -0.2) is 46.1 Å². The van der Waals surface area contributed by atoms with Gasteiger partial charge in [-0.2, -0.15) is 0 Å². The third-order valence-corrected chi connectivity index (χ3v) is 8.57. The van der Waals surface area contributed by atoms with E-state index in [9.17, 15) is 10.2 Å². The van der Waals surface area contributed by atoms with Crippen LogP contribution in [0.4, 0.5) is 0 Å². The first-order valence-electron chi connectivity index (χ1n) is 10.2. The second kappa shape index (κ2) is 5.86. The zero-order valence-corrected chi connectivity index (χ0v) is 17.6. The number of epoxide rings is 1. The molecule has 4 aliphatic rings. The Balaban J connectivity index is 1.61. The summed E-state index contributed by atoms with van der Waals surface area (Å²) in [5, 5.41) is 21.9. The smallest absolute Gasteiger partial charge is 0.145 e. The SMILES string of the molecule is COCc1occ2c1CC[C@]1(C)C3=C[C@@H](Cl)[C@@](O)(C(C)C)[C@@H](O)[C@@]34O[C@H]4C[C@@H]21. The summed E-state index contributed by atoms with van der Waals surface area (Å²) in [7, 11) is 1.68. The van der Waals surface area contributed by atoms with Crippen molar-refractivity contribution in [2.45, 2.75) is 81.3 Å². The maximum absolute atomic E-state index is 11.3. The molecule has 1 aliphatic heterocycles. The molecule has 0 aromatic carbocycles. The normalized spacial score (nSPS) is 46.4. The minimum absolute atomic E-state index is 0.104. The molecule has 1 aromatic rings. The van der Waals surface area contributed by atoms with Crippen LogP contribution in [0, 0.1) is 11.3 Å². The second-order valence-electron chi connectivity index (χ2n) is 9.56. The summed E-state index contributed by atoms with van der Waals surface area (Å²) in [5.41, 5.74) is 1.18. The van der Waals surface area contributed by atoms with Gasteiger partial charge in [-0.05, 0) is 53.2 Å². The molecular weight excluding hydrogens is 380 g/mol. The minimum atomic E-state index is -1.40. The van der Waals surface area contributed by atoms with Crippen LogP contribution in [0.2, 0.25) is 0 Å². The van der Waals surface area contributed by atoms with E-state index in [4.69, 9.17) is 25.5 Å². The first-order valence-corrected chi connectivity index (χ1v) is 10.7. The lowest BCUT2D eigenvalue weighted by molar-refractivity contribution is -0.134. The number of hydrogen-bond donors (Lipinski definition) is 2. The highest BCUT2D eigenvalue weighted by Gasteiger charge is 2.77. The molecule has 0 unspecified atom stereocenters. The molecule has 1 saturated heterocycles. The molecule has 3 aliphatic carbocycles. The van der Waals surface area contributed by atoms with Crippen LogP contribution in [0.25, 0.3) is 0 Å². The number of aliphatic hydroxyl groups excluding tert-OH is 1. The molecule has 0 amide bonds. The maximum Gasteiger partial charge on any atom is 0.145 e. The Labute approximate surface area is 170 Å². The molecule has 5 rings (SSSR count). The summed E-state index contributed by atoms with van der Waals surface area (Å²) in [4.78, 5) is 0. The third kappa shape index (κ3) is 2.07. The molecule has 154 valence electrons. The molecule has 2 heterocycles. The van der Waals surface area contributed by atoms with Crippen LogP contribution in [0.15, 0.2) is 22.3 Å². The number of ether oxygens (including phenoxy) is 2. The average molecular weight is 409 g/mol. The largest absolute Gasteiger partial charge is 0.466 e. The fourth-order valence-corrected chi connectivity index (χ4v) is 6.81. The highest BCUT2D eigenvalue weighted by atomic mass is 35.5. The first kappa shape index (κ1) is 19.1. The van der Waals surface area contributed by atoms with E-state index in [0.29, 0.717) is 6.61 Å². The van der Waals surface area contributed by atoms with Gasteiger partial charge in [-0.25, -0.2) is 0 Å².